The van der Waals surface area contributed by atoms with Crippen molar-refractivity contribution in [3.63, 3.8) is 0 Å². The van der Waals surface area contributed by atoms with E-state index in [4.69, 9.17) is 0 Å². The van der Waals surface area contributed by atoms with Crippen molar-refractivity contribution in [2.45, 2.75) is 25.2 Å². The smallest absolute Gasteiger partial charge is 0.351 e. The number of aromatic nitrogens is 2. The summed E-state index contributed by atoms with van der Waals surface area (Å²) in [5, 5.41) is 0.683. The molecule has 150 valence electrons. The van der Waals surface area contributed by atoms with Crippen LogP contribution in [0.3, 0.4) is 0 Å². The van der Waals surface area contributed by atoms with E-state index in [-0.39, 0.29) is 6.04 Å². The number of hydrogen-bond donors (Lipinski definition) is 0. The van der Waals surface area contributed by atoms with E-state index >= 15 is 0 Å². The molecule has 1 aromatic heterocycles. The number of para-hydroxylation sites is 1. The number of alkyl halides is 3. The molecule has 29 heavy (non-hydrogen) atoms. The van der Waals surface area contributed by atoms with Crippen molar-refractivity contribution in [3.05, 3.63) is 66.0 Å². The molecule has 0 N–H and O–H groups in total. The maximum absolute atomic E-state index is 13.4. The lowest BCUT2D eigenvalue weighted by Crippen LogP contribution is -2.36. The summed E-state index contributed by atoms with van der Waals surface area (Å²) >= 11 is 0. The molecule has 2 fully saturated rings. The quantitative estimate of drug-likeness (QED) is 0.656. The maximum atomic E-state index is 13.4. The summed E-state index contributed by atoms with van der Waals surface area (Å²) in [5.74, 6) is -0.201. The van der Waals surface area contributed by atoms with E-state index < -0.39 is 12.0 Å². The molecule has 0 bridgehead atoms. The van der Waals surface area contributed by atoms with E-state index in [9.17, 15) is 13.2 Å². The number of benzene rings is 2. The minimum Gasteiger partial charge on any atom is -0.351 e. The van der Waals surface area contributed by atoms with Crippen LogP contribution in [0.1, 0.15) is 17.8 Å². The lowest BCUT2D eigenvalue weighted by Gasteiger charge is -2.27. The Morgan fingerprint density at radius 1 is 0.931 bits per heavy atom. The minimum atomic E-state index is -4.56. The molecular weight excluding hydrogens is 377 g/mol. The summed E-state index contributed by atoms with van der Waals surface area (Å²) in [6.45, 7) is 3.39. The number of anilines is 1. The Balaban J connectivity index is 1.46. The third kappa shape index (κ3) is 3.44. The fourth-order valence-corrected chi connectivity index (χ4v) is 4.69. The topological polar surface area (TPSA) is 32.3 Å². The SMILES string of the molecule is FC(F)(F)c1nc(N2CCC3CN(Cc4ccccc4)CC32)c2ccccc2n1. The van der Waals surface area contributed by atoms with Crippen LogP contribution in [0.15, 0.2) is 54.6 Å². The van der Waals surface area contributed by atoms with E-state index in [1.807, 2.05) is 30.3 Å². The second-order valence-electron chi connectivity index (χ2n) is 7.87. The predicted molar refractivity (Wildman–Crippen MR) is 106 cm³/mol. The van der Waals surface area contributed by atoms with Crippen molar-refractivity contribution in [1.29, 1.82) is 0 Å². The molecule has 2 atom stereocenters. The Bertz CT molecular complexity index is 1020. The van der Waals surface area contributed by atoms with Crippen LogP contribution in [-0.4, -0.2) is 40.5 Å². The minimum absolute atomic E-state index is 0.179. The van der Waals surface area contributed by atoms with Crippen LogP contribution >= 0.6 is 0 Å². The largest absolute Gasteiger partial charge is 0.451 e. The van der Waals surface area contributed by atoms with Gasteiger partial charge < -0.3 is 4.90 Å². The Labute approximate surface area is 167 Å². The summed E-state index contributed by atoms with van der Waals surface area (Å²) in [7, 11) is 0. The molecule has 2 aliphatic rings. The van der Waals surface area contributed by atoms with Crippen LogP contribution in [0.2, 0.25) is 0 Å². The van der Waals surface area contributed by atoms with E-state index in [0.717, 1.165) is 32.6 Å². The summed E-state index contributed by atoms with van der Waals surface area (Å²) < 4.78 is 40.2. The van der Waals surface area contributed by atoms with Gasteiger partial charge in [0.05, 0.1) is 5.52 Å². The monoisotopic (exact) mass is 398 g/mol. The Hall–Kier alpha value is -2.67. The van der Waals surface area contributed by atoms with Gasteiger partial charge in [0.15, 0.2) is 0 Å². The van der Waals surface area contributed by atoms with Crippen molar-refractivity contribution in [2.75, 3.05) is 24.5 Å². The molecule has 2 aromatic carbocycles. The highest BCUT2D eigenvalue weighted by atomic mass is 19.4. The predicted octanol–water partition coefficient (Wildman–Crippen LogP) is 4.36. The molecule has 5 rings (SSSR count). The van der Waals surface area contributed by atoms with Crippen molar-refractivity contribution in [3.8, 4) is 0 Å². The molecule has 2 unspecified atom stereocenters. The van der Waals surface area contributed by atoms with Gasteiger partial charge in [0.2, 0.25) is 5.82 Å². The fraction of sp³-hybridized carbons (Fsp3) is 0.364. The number of nitrogens with zero attached hydrogens (tertiary/aromatic N) is 4. The molecule has 0 spiro atoms. The molecule has 4 nitrogen and oxygen atoms in total. The molecule has 0 aliphatic carbocycles. The van der Waals surface area contributed by atoms with E-state index in [1.165, 1.54) is 5.56 Å². The van der Waals surface area contributed by atoms with Gasteiger partial charge in [-0.15, -0.1) is 0 Å². The first-order valence-electron chi connectivity index (χ1n) is 9.86. The summed E-state index contributed by atoms with van der Waals surface area (Å²) in [6.07, 6.45) is -3.59. The van der Waals surface area contributed by atoms with Gasteiger partial charge in [0.25, 0.3) is 0 Å². The molecular formula is C22H21F3N4. The Morgan fingerprint density at radius 2 is 1.69 bits per heavy atom. The van der Waals surface area contributed by atoms with Crippen LogP contribution in [0, 0.1) is 5.92 Å². The molecule has 2 aliphatic heterocycles. The third-order valence-corrected chi connectivity index (χ3v) is 5.98. The van der Waals surface area contributed by atoms with Gasteiger partial charge in [-0.3, -0.25) is 4.90 Å². The van der Waals surface area contributed by atoms with Gasteiger partial charge in [-0.2, -0.15) is 13.2 Å². The number of fused-ring (bicyclic) bond motifs is 2. The lowest BCUT2D eigenvalue weighted by molar-refractivity contribution is -0.144. The summed E-state index contributed by atoms with van der Waals surface area (Å²) in [6, 6.07) is 17.4. The van der Waals surface area contributed by atoms with Gasteiger partial charge in [0, 0.05) is 37.6 Å². The highest BCUT2D eigenvalue weighted by Gasteiger charge is 2.43. The first-order valence-corrected chi connectivity index (χ1v) is 9.86. The zero-order valence-corrected chi connectivity index (χ0v) is 15.8. The standard InChI is InChI=1S/C22H21F3N4/c23-22(24,25)21-26-18-9-5-4-8-17(18)20(27-21)29-11-10-16-13-28(14-19(16)29)12-15-6-2-1-3-7-15/h1-9,16,19H,10-14H2. The van der Waals surface area contributed by atoms with Crippen LogP contribution < -0.4 is 4.90 Å². The molecule has 3 heterocycles. The van der Waals surface area contributed by atoms with Crippen LogP contribution in [0.4, 0.5) is 19.0 Å². The first kappa shape index (κ1) is 18.4. The summed E-state index contributed by atoms with van der Waals surface area (Å²) in [4.78, 5) is 12.2. The van der Waals surface area contributed by atoms with Crippen molar-refractivity contribution in [1.82, 2.24) is 14.9 Å². The average Bonchev–Trinajstić information content (AvgIpc) is 3.27. The first-order chi connectivity index (χ1) is 14.0. The molecule has 3 aromatic rings. The number of likely N-dealkylation sites (tertiary alicyclic amines) is 1. The molecule has 0 saturated carbocycles. The van der Waals surface area contributed by atoms with E-state index in [2.05, 4.69) is 31.9 Å². The number of hydrogen-bond acceptors (Lipinski definition) is 4. The number of rotatable bonds is 3. The van der Waals surface area contributed by atoms with Gasteiger partial charge >= 0.3 is 6.18 Å². The number of halogens is 3. The second-order valence-corrected chi connectivity index (χ2v) is 7.87. The zero-order valence-electron chi connectivity index (χ0n) is 15.8. The molecule has 0 radical (unpaired) electrons. The van der Waals surface area contributed by atoms with Gasteiger partial charge in [-0.05, 0) is 30.0 Å². The fourth-order valence-electron chi connectivity index (χ4n) is 4.69. The van der Waals surface area contributed by atoms with Crippen LogP contribution in [-0.2, 0) is 12.7 Å². The van der Waals surface area contributed by atoms with Gasteiger partial charge in [-0.25, -0.2) is 9.97 Å². The highest BCUT2D eigenvalue weighted by molar-refractivity contribution is 5.89. The van der Waals surface area contributed by atoms with Gasteiger partial charge in [0.1, 0.15) is 5.82 Å². The summed E-state index contributed by atoms with van der Waals surface area (Å²) in [5.41, 5.74) is 1.60. The second kappa shape index (κ2) is 6.99. The molecule has 2 saturated heterocycles. The highest BCUT2D eigenvalue weighted by Crippen LogP contribution is 2.39. The Kier molecular flexibility index (Phi) is 4.42. The van der Waals surface area contributed by atoms with Crippen molar-refractivity contribution >= 4 is 16.7 Å². The molecule has 7 heteroatoms. The third-order valence-electron chi connectivity index (χ3n) is 5.98. The average molecular weight is 398 g/mol. The maximum Gasteiger partial charge on any atom is 0.451 e. The van der Waals surface area contributed by atoms with Crippen molar-refractivity contribution < 1.29 is 13.2 Å². The van der Waals surface area contributed by atoms with Gasteiger partial charge in [-0.1, -0.05) is 42.5 Å². The Morgan fingerprint density at radius 3 is 2.48 bits per heavy atom. The van der Waals surface area contributed by atoms with E-state index in [0.29, 0.717) is 22.6 Å². The molecule has 0 amide bonds. The van der Waals surface area contributed by atoms with Crippen molar-refractivity contribution in [2.24, 2.45) is 5.92 Å². The van der Waals surface area contributed by atoms with E-state index in [1.54, 1.807) is 12.1 Å². The normalized spacial score (nSPS) is 22.4. The van der Waals surface area contributed by atoms with Crippen LogP contribution in [0.25, 0.3) is 10.9 Å². The zero-order chi connectivity index (χ0) is 20.0. The van der Waals surface area contributed by atoms with Crippen LogP contribution in [0.5, 0.6) is 0 Å². The lowest BCUT2D eigenvalue weighted by atomic mass is 10.1.